The van der Waals surface area contributed by atoms with Gasteiger partial charge in [-0.3, -0.25) is 9.59 Å². The van der Waals surface area contributed by atoms with Crippen LogP contribution in [0.5, 0.6) is 5.75 Å². The summed E-state index contributed by atoms with van der Waals surface area (Å²) in [6.45, 7) is 1.38. The van der Waals surface area contributed by atoms with Gasteiger partial charge in [0.05, 0.1) is 18.4 Å². The first-order chi connectivity index (χ1) is 14.1. The lowest BCUT2D eigenvalue weighted by Gasteiger charge is -2.25. The van der Waals surface area contributed by atoms with Crippen LogP contribution in [-0.4, -0.2) is 41.1 Å². The summed E-state index contributed by atoms with van der Waals surface area (Å²) in [4.78, 5) is 25.8. The zero-order valence-corrected chi connectivity index (χ0v) is 16.5. The predicted octanol–water partition coefficient (Wildman–Crippen LogP) is 2.85. The summed E-state index contributed by atoms with van der Waals surface area (Å²) in [5.74, 6) is -0.783. The van der Waals surface area contributed by atoms with Gasteiger partial charge < -0.3 is 20.5 Å². The lowest BCUT2D eigenvalue weighted by Crippen LogP contribution is -2.38. The first-order valence-corrected chi connectivity index (χ1v) is 10.0. The minimum Gasteiger partial charge on any atom is -0.491 e. The Bertz CT molecular complexity index is 825. The van der Waals surface area contributed by atoms with E-state index in [0.29, 0.717) is 31.9 Å². The summed E-state index contributed by atoms with van der Waals surface area (Å²) in [5, 5.41) is 9.14. The first-order valence-electron chi connectivity index (χ1n) is 10.0. The second-order valence-electron chi connectivity index (χ2n) is 7.47. The minimum absolute atomic E-state index is 0.0789. The van der Waals surface area contributed by atoms with Crippen LogP contribution in [0.4, 0.5) is 0 Å². The van der Waals surface area contributed by atoms with Crippen molar-refractivity contribution in [2.45, 2.75) is 38.3 Å². The Balaban J connectivity index is 1.62. The molecular formula is C23H28N2O4. The fraction of sp³-hybridized carbons (Fsp3) is 0.391. The number of hydrogen-bond acceptors (Lipinski definition) is 4. The highest BCUT2D eigenvalue weighted by atomic mass is 16.5. The molecule has 3 rings (SSSR count). The summed E-state index contributed by atoms with van der Waals surface area (Å²) >= 11 is 0. The number of ether oxygens (including phenoxy) is 1. The number of carboxylic acids is 1. The molecule has 1 amide bonds. The van der Waals surface area contributed by atoms with Crippen molar-refractivity contribution in [3.8, 4) is 5.75 Å². The van der Waals surface area contributed by atoms with E-state index in [-0.39, 0.29) is 18.4 Å². The highest BCUT2D eigenvalue weighted by Gasteiger charge is 2.40. The van der Waals surface area contributed by atoms with Gasteiger partial charge in [0.15, 0.2) is 0 Å². The molecule has 0 spiro atoms. The van der Waals surface area contributed by atoms with E-state index in [1.807, 2.05) is 47.4 Å². The van der Waals surface area contributed by atoms with Crippen molar-refractivity contribution < 1.29 is 19.4 Å². The van der Waals surface area contributed by atoms with E-state index >= 15 is 0 Å². The summed E-state index contributed by atoms with van der Waals surface area (Å²) < 4.78 is 5.93. The highest BCUT2D eigenvalue weighted by Crippen LogP contribution is 2.28. The normalized spacial score (nSPS) is 18.8. The van der Waals surface area contributed by atoms with Gasteiger partial charge >= 0.3 is 5.97 Å². The largest absolute Gasteiger partial charge is 0.491 e. The maximum Gasteiger partial charge on any atom is 0.304 e. The van der Waals surface area contributed by atoms with Gasteiger partial charge in [0.1, 0.15) is 12.4 Å². The molecule has 0 bridgehead atoms. The molecule has 29 heavy (non-hydrogen) atoms. The Morgan fingerprint density at radius 1 is 1.14 bits per heavy atom. The standard InChI is InChI=1S/C23H28N2O4/c24-15-18-8-4-10-21(12-18)29-16-20-13-19(14-22(26)27)23(28)25(20)11-5-9-17-6-2-1-3-7-17/h1-4,6-8,10,12,19-20H,5,9,11,13-16,24H2,(H,26,27)/t19-,20-/m0/s1. The fourth-order valence-electron chi connectivity index (χ4n) is 3.86. The molecule has 2 atom stereocenters. The number of aliphatic carboxylic acids is 1. The second kappa shape index (κ2) is 10.1. The summed E-state index contributed by atoms with van der Waals surface area (Å²) in [7, 11) is 0. The SMILES string of the molecule is NCc1cccc(OC[C@@H]2C[C@@H](CC(=O)O)C(=O)N2CCCc2ccccc2)c1. The van der Waals surface area contributed by atoms with E-state index in [9.17, 15) is 9.59 Å². The topological polar surface area (TPSA) is 92.9 Å². The maximum atomic E-state index is 12.8. The average molecular weight is 396 g/mol. The Morgan fingerprint density at radius 3 is 2.62 bits per heavy atom. The number of aryl methyl sites for hydroxylation is 1. The number of rotatable bonds is 10. The Hall–Kier alpha value is -2.86. The zero-order valence-electron chi connectivity index (χ0n) is 16.5. The smallest absolute Gasteiger partial charge is 0.304 e. The average Bonchev–Trinajstić information content (AvgIpc) is 3.02. The van der Waals surface area contributed by atoms with Crippen LogP contribution in [0.15, 0.2) is 54.6 Å². The molecule has 2 aromatic rings. The molecule has 3 N–H and O–H groups in total. The molecule has 6 nitrogen and oxygen atoms in total. The van der Waals surface area contributed by atoms with Crippen molar-refractivity contribution in [1.29, 1.82) is 0 Å². The van der Waals surface area contributed by atoms with Crippen molar-refractivity contribution in [3.05, 3.63) is 65.7 Å². The minimum atomic E-state index is -0.940. The molecule has 0 aliphatic carbocycles. The molecule has 0 aromatic heterocycles. The molecule has 6 heteroatoms. The van der Waals surface area contributed by atoms with Gasteiger partial charge in [0, 0.05) is 13.1 Å². The Labute approximate surface area is 171 Å². The number of benzene rings is 2. The van der Waals surface area contributed by atoms with E-state index in [1.54, 1.807) is 0 Å². The third kappa shape index (κ3) is 5.81. The predicted molar refractivity (Wildman–Crippen MR) is 110 cm³/mol. The van der Waals surface area contributed by atoms with Crippen molar-refractivity contribution in [1.82, 2.24) is 4.90 Å². The van der Waals surface area contributed by atoms with Crippen LogP contribution in [-0.2, 0) is 22.6 Å². The number of amides is 1. The van der Waals surface area contributed by atoms with Crippen LogP contribution in [0.1, 0.15) is 30.4 Å². The van der Waals surface area contributed by atoms with Crippen molar-refractivity contribution in [2.24, 2.45) is 11.7 Å². The van der Waals surface area contributed by atoms with E-state index in [4.69, 9.17) is 15.6 Å². The number of carbonyl (C=O) groups excluding carboxylic acids is 1. The number of likely N-dealkylation sites (tertiary alicyclic amines) is 1. The quantitative estimate of drug-likeness (QED) is 0.644. The molecule has 1 aliphatic heterocycles. The lowest BCUT2D eigenvalue weighted by atomic mass is 10.0. The summed E-state index contributed by atoms with van der Waals surface area (Å²) in [6.07, 6.45) is 2.08. The number of nitrogens with zero attached hydrogens (tertiary/aromatic N) is 1. The van der Waals surface area contributed by atoms with Crippen LogP contribution in [0.25, 0.3) is 0 Å². The fourth-order valence-corrected chi connectivity index (χ4v) is 3.86. The highest BCUT2D eigenvalue weighted by molar-refractivity contribution is 5.85. The number of carboxylic acid groups (broad SMARTS) is 1. The second-order valence-corrected chi connectivity index (χ2v) is 7.47. The Morgan fingerprint density at radius 2 is 1.90 bits per heavy atom. The molecule has 1 fully saturated rings. The van der Waals surface area contributed by atoms with Crippen molar-refractivity contribution in [2.75, 3.05) is 13.2 Å². The molecular weight excluding hydrogens is 368 g/mol. The maximum absolute atomic E-state index is 12.8. The van der Waals surface area contributed by atoms with E-state index in [2.05, 4.69) is 12.1 Å². The van der Waals surface area contributed by atoms with Crippen molar-refractivity contribution >= 4 is 11.9 Å². The number of carbonyl (C=O) groups is 2. The van der Waals surface area contributed by atoms with E-state index in [0.717, 1.165) is 18.4 Å². The third-order valence-electron chi connectivity index (χ3n) is 5.33. The van der Waals surface area contributed by atoms with Crippen molar-refractivity contribution in [3.63, 3.8) is 0 Å². The monoisotopic (exact) mass is 396 g/mol. The Kier molecular flexibility index (Phi) is 7.25. The zero-order chi connectivity index (χ0) is 20.6. The van der Waals surface area contributed by atoms with Crippen LogP contribution in [0, 0.1) is 5.92 Å². The van der Waals surface area contributed by atoms with Gasteiger partial charge in [-0.2, -0.15) is 0 Å². The van der Waals surface area contributed by atoms with E-state index < -0.39 is 11.9 Å². The lowest BCUT2D eigenvalue weighted by molar-refractivity contribution is -0.142. The molecule has 2 aromatic carbocycles. The van der Waals surface area contributed by atoms with Gasteiger partial charge in [-0.05, 0) is 42.5 Å². The molecule has 0 radical (unpaired) electrons. The summed E-state index contributed by atoms with van der Waals surface area (Å²) in [6, 6.07) is 17.6. The molecule has 0 saturated carbocycles. The van der Waals surface area contributed by atoms with Crippen LogP contribution in [0.2, 0.25) is 0 Å². The van der Waals surface area contributed by atoms with Gasteiger partial charge in [0.25, 0.3) is 0 Å². The van der Waals surface area contributed by atoms with Gasteiger partial charge in [-0.15, -0.1) is 0 Å². The number of nitrogens with two attached hydrogens (primary N) is 1. The summed E-state index contributed by atoms with van der Waals surface area (Å²) in [5.41, 5.74) is 7.89. The molecule has 1 saturated heterocycles. The van der Waals surface area contributed by atoms with Crippen LogP contribution < -0.4 is 10.5 Å². The molecule has 1 heterocycles. The molecule has 1 aliphatic rings. The number of hydrogen-bond donors (Lipinski definition) is 2. The van der Waals surface area contributed by atoms with Gasteiger partial charge in [-0.25, -0.2) is 0 Å². The first kappa shape index (κ1) is 20.9. The van der Waals surface area contributed by atoms with Crippen LogP contribution >= 0.6 is 0 Å². The molecule has 0 unspecified atom stereocenters. The van der Waals surface area contributed by atoms with Crippen LogP contribution in [0.3, 0.4) is 0 Å². The molecule has 154 valence electrons. The van der Waals surface area contributed by atoms with Gasteiger partial charge in [-0.1, -0.05) is 42.5 Å². The van der Waals surface area contributed by atoms with E-state index in [1.165, 1.54) is 5.56 Å². The third-order valence-corrected chi connectivity index (χ3v) is 5.33. The van der Waals surface area contributed by atoms with Gasteiger partial charge in [0.2, 0.25) is 5.91 Å².